The normalized spacial score (nSPS) is 14.4. The number of aliphatic hydroxyl groups is 1. The molecular weight excluding hydrogens is 222 g/mol. The highest BCUT2D eigenvalue weighted by atomic mass is 28.3. The lowest BCUT2D eigenvalue weighted by molar-refractivity contribution is 0.0602. The van der Waals surface area contributed by atoms with E-state index in [0.29, 0.717) is 11.5 Å². The summed E-state index contributed by atoms with van der Waals surface area (Å²) in [6.45, 7) is 10.5. The first-order valence-electron chi connectivity index (χ1n) is 5.56. The average molecular weight is 243 g/mol. The molecule has 0 bridgehead atoms. The molecule has 92 valence electrons. The highest BCUT2D eigenvalue weighted by Crippen LogP contribution is 2.36. The van der Waals surface area contributed by atoms with Crippen LogP contribution in [0.3, 0.4) is 0 Å². The van der Waals surface area contributed by atoms with E-state index in [-0.39, 0.29) is 18.1 Å². The smallest absolute Gasteiger partial charge is 0.172 e. The summed E-state index contributed by atoms with van der Waals surface area (Å²) in [6, 6.07) is 1.77. The number of aromatic nitrogens is 1. The van der Waals surface area contributed by atoms with Crippen LogP contribution in [0.2, 0.25) is 13.1 Å². The van der Waals surface area contributed by atoms with Crippen molar-refractivity contribution in [1.29, 1.82) is 0 Å². The molecule has 4 nitrogen and oxygen atoms in total. The summed E-state index contributed by atoms with van der Waals surface area (Å²) in [5, 5.41) is 12.7. The summed E-state index contributed by atoms with van der Waals surface area (Å²) >= 11 is 0. The fourth-order valence-electron chi connectivity index (χ4n) is 1.50. The molecule has 16 heavy (non-hydrogen) atoms. The first-order chi connectivity index (χ1) is 7.34. The predicted octanol–water partition coefficient (Wildman–Crippen LogP) is 2.25. The Labute approximate surface area is 98.3 Å². The van der Waals surface area contributed by atoms with Gasteiger partial charge >= 0.3 is 0 Å². The Morgan fingerprint density at radius 2 is 2.12 bits per heavy atom. The first-order valence-corrected chi connectivity index (χ1v) is 8.34. The van der Waals surface area contributed by atoms with Gasteiger partial charge in [0.25, 0.3) is 0 Å². The second-order valence-corrected chi connectivity index (χ2v) is 7.68. The van der Waals surface area contributed by atoms with Crippen LogP contribution in [0.25, 0.3) is 0 Å². The van der Waals surface area contributed by atoms with E-state index in [1.807, 2.05) is 0 Å². The minimum absolute atomic E-state index is 0.0382. The van der Waals surface area contributed by atoms with Gasteiger partial charge in [-0.1, -0.05) is 25.9 Å². The molecule has 0 aromatic carbocycles. The fraction of sp³-hybridized carbons (Fsp3) is 0.727. The molecule has 1 N–H and O–H groups in total. The maximum absolute atomic E-state index is 8.96. The Morgan fingerprint density at radius 1 is 1.50 bits per heavy atom. The third-order valence-corrected chi connectivity index (χ3v) is 3.01. The van der Waals surface area contributed by atoms with Crippen molar-refractivity contribution < 1.29 is 14.1 Å². The van der Waals surface area contributed by atoms with Crippen molar-refractivity contribution in [2.45, 2.75) is 46.6 Å². The van der Waals surface area contributed by atoms with Crippen molar-refractivity contribution in [3.8, 4) is 0 Å². The summed E-state index contributed by atoms with van der Waals surface area (Å²) in [4.78, 5) is 0. The number of hydrogen-bond acceptors (Lipinski definition) is 4. The van der Waals surface area contributed by atoms with Gasteiger partial charge in [-0.3, -0.25) is 0 Å². The maximum Gasteiger partial charge on any atom is 0.172 e. The van der Waals surface area contributed by atoms with E-state index in [9.17, 15) is 0 Å². The summed E-state index contributed by atoms with van der Waals surface area (Å²) in [5.41, 5.74) is 0.516. The summed E-state index contributed by atoms with van der Waals surface area (Å²) in [5.74, 6) is 0.706. The van der Waals surface area contributed by atoms with Crippen LogP contribution >= 0.6 is 0 Å². The third kappa shape index (κ3) is 3.43. The topological polar surface area (TPSA) is 55.5 Å². The van der Waals surface area contributed by atoms with Crippen molar-refractivity contribution in [3.05, 3.63) is 17.5 Å². The van der Waals surface area contributed by atoms with Crippen molar-refractivity contribution >= 4 is 9.04 Å². The molecule has 0 aliphatic rings. The minimum atomic E-state index is -1.15. The maximum atomic E-state index is 8.96. The highest BCUT2D eigenvalue weighted by molar-refractivity contribution is 6.48. The van der Waals surface area contributed by atoms with Gasteiger partial charge in [0.2, 0.25) is 0 Å². The van der Waals surface area contributed by atoms with Crippen LogP contribution < -0.4 is 0 Å². The molecule has 0 saturated carbocycles. The standard InChI is InChI=1S/C11H21NO3Si/c1-11(2,3)10(15-16(4)5)9-6-8(7-13)12-14-9/h6,10,13,16H,7H2,1-5H3. The second kappa shape index (κ2) is 5.12. The van der Waals surface area contributed by atoms with Gasteiger partial charge in [-0.25, -0.2) is 0 Å². The van der Waals surface area contributed by atoms with Crippen molar-refractivity contribution in [3.63, 3.8) is 0 Å². The van der Waals surface area contributed by atoms with Crippen LogP contribution in [0.1, 0.15) is 38.3 Å². The van der Waals surface area contributed by atoms with Crippen LogP contribution in [0.15, 0.2) is 10.6 Å². The van der Waals surface area contributed by atoms with Crippen molar-refractivity contribution in [2.24, 2.45) is 5.41 Å². The number of rotatable bonds is 4. The highest BCUT2D eigenvalue weighted by Gasteiger charge is 2.31. The average Bonchev–Trinajstić information content (AvgIpc) is 2.60. The molecule has 0 radical (unpaired) electrons. The SMILES string of the molecule is C[SiH](C)OC(c1cc(CO)no1)C(C)(C)C. The Balaban J connectivity index is 2.92. The lowest BCUT2D eigenvalue weighted by atomic mass is 9.88. The largest absolute Gasteiger partial charge is 0.410 e. The number of aliphatic hydroxyl groups excluding tert-OH is 1. The van der Waals surface area contributed by atoms with Gasteiger partial charge in [0.1, 0.15) is 11.8 Å². The van der Waals surface area contributed by atoms with Gasteiger partial charge in [0.15, 0.2) is 14.8 Å². The molecule has 0 amide bonds. The molecule has 1 unspecified atom stereocenters. The van der Waals surface area contributed by atoms with E-state index in [1.54, 1.807) is 6.07 Å². The molecule has 0 fully saturated rings. The second-order valence-electron chi connectivity index (χ2n) is 5.31. The zero-order valence-electron chi connectivity index (χ0n) is 10.7. The Kier molecular flexibility index (Phi) is 4.29. The Morgan fingerprint density at radius 3 is 2.50 bits per heavy atom. The molecular formula is C11H21NO3Si. The predicted molar refractivity (Wildman–Crippen MR) is 64.6 cm³/mol. The van der Waals surface area contributed by atoms with Crippen LogP contribution in [0, 0.1) is 5.41 Å². The van der Waals surface area contributed by atoms with E-state index in [1.165, 1.54) is 0 Å². The molecule has 0 saturated heterocycles. The summed E-state index contributed by atoms with van der Waals surface area (Å²) < 4.78 is 11.2. The third-order valence-electron chi connectivity index (χ3n) is 2.19. The molecule has 1 atom stereocenters. The zero-order chi connectivity index (χ0) is 12.3. The Bertz CT molecular complexity index is 330. The number of nitrogens with zero attached hydrogens (tertiary/aromatic N) is 1. The monoisotopic (exact) mass is 243 g/mol. The van der Waals surface area contributed by atoms with Gasteiger partial charge < -0.3 is 14.1 Å². The van der Waals surface area contributed by atoms with Crippen LogP contribution in [-0.4, -0.2) is 19.3 Å². The molecule has 1 aromatic rings. The van der Waals surface area contributed by atoms with Gasteiger partial charge in [0.05, 0.1) is 6.61 Å². The lowest BCUT2D eigenvalue weighted by Gasteiger charge is -2.30. The minimum Gasteiger partial charge on any atom is -0.410 e. The van der Waals surface area contributed by atoms with Crippen LogP contribution in [-0.2, 0) is 11.0 Å². The lowest BCUT2D eigenvalue weighted by Crippen LogP contribution is -2.25. The Hall–Kier alpha value is -0.653. The van der Waals surface area contributed by atoms with Gasteiger partial charge in [-0.15, -0.1) is 0 Å². The van der Waals surface area contributed by atoms with E-state index in [2.05, 4.69) is 39.0 Å². The summed E-state index contributed by atoms with van der Waals surface area (Å²) in [6.07, 6.45) is -0.0908. The molecule has 1 heterocycles. The summed E-state index contributed by atoms with van der Waals surface area (Å²) in [7, 11) is -1.15. The quantitative estimate of drug-likeness (QED) is 0.824. The molecule has 1 aromatic heterocycles. The first kappa shape index (κ1) is 13.4. The van der Waals surface area contributed by atoms with E-state index in [4.69, 9.17) is 14.1 Å². The van der Waals surface area contributed by atoms with Crippen molar-refractivity contribution in [2.75, 3.05) is 0 Å². The van der Waals surface area contributed by atoms with E-state index in [0.717, 1.165) is 0 Å². The van der Waals surface area contributed by atoms with Crippen molar-refractivity contribution in [1.82, 2.24) is 5.16 Å². The van der Waals surface area contributed by atoms with Gasteiger partial charge in [-0.2, -0.15) is 0 Å². The molecule has 0 aliphatic carbocycles. The van der Waals surface area contributed by atoms with Crippen LogP contribution in [0.4, 0.5) is 0 Å². The van der Waals surface area contributed by atoms with E-state index < -0.39 is 9.04 Å². The molecule has 5 heteroatoms. The van der Waals surface area contributed by atoms with Gasteiger partial charge in [0, 0.05) is 6.07 Å². The van der Waals surface area contributed by atoms with Crippen LogP contribution in [0.5, 0.6) is 0 Å². The molecule has 1 rings (SSSR count). The molecule has 0 aliphatic heterocycles. The number of hydrogen-bond donors (Lipinski definition) is 1. The zero-order valence-corrected chi connectivity index (χ0v) is 11.8. The fourth-order valence-corrected chi connectivity index (χ4v) is 2.58. The van der Waals surface area contributed by atoms with E-state index >= 15 is 0 Å². The molecule has 0 spiro atoms. The van der Waals surface area contributed by atoms with Gasteiger partial charge in [-0.05, 0) is 18.5 Å².